The highest BCUT2D eigenvalue weighted by molar-refractivity contribution is 6.33. The first-order valence-corrected chi connectivity index (χ1v) is 12.7. The summed E-state index contributed by atoms with van der Waals surface area (Å²) in [7, 11) is 3.28. The van der Waals surface area contributed by atoms with Crippen molar-refractivity contribution < 1.29 is 14.4 Å². The van der Waals surface area contributed by atoms with E-state index in [9.17, 15) is 14.4 Å². The second kappa shape index (κ2) is 12.7. The number of likely N-dealkylation sites (N-methyl/N-ethyl adjacent to an activating group) is 1. The predicted molar refractivity (Wildman–Crippen MR) is 143 cm³/mol. The van der Waals surface area contributed by atoms with Crippen LogP contribution in [0.2, 0.25) is 5.02 Å². The molecule has 0 saturated heterocycles. The lowest BCUT2D eigenvalue weighted by atomic mass is 10.1. The molecule has 194 valence electrons. The number of hydrazine groups is 1. The lowest BCUT2D eigenvalue weighted by molar-refractivity contribution is -0.145. The number of carbonyl (C=O) groups excluding carboxylic acids is 3. The number of rotatable bonds is 11. The summed E-state index contributed by atoms with van der Waals surface area (Å²) in [5.74, 6) is -0.0974. The normalized spacial score (nSPS) is 12.8. The molecule has 1 aliphatic rings. The first kappa shape index (κ1) is 27.5. The Labute approximate surface area is 218 Å². The number of amides is 3. The molecule has 0 atom stereocenters. The molecule has 2 N–H and O–H groups in total. The van der Waals surface area contributed by atoms with E-state index in [1.807, 2.05) is 17.1 Å². The molecule has 0 bridgehead atoms. The van der Waals surface area contributed by atoms with Gasteiger partial charge in [0.2, 0.25) is 5.91 Å². The van der Waals surface area contributed by atoms with E-state index in [-0.39, 0.29) is 30.8 Å². The molecule has 1 aliphatic heterocycles. The summed E-state index contributed by atoms with van der Waals surface area (Å²) in [5.41, 5.74) is 3.24. The van der Waals surface area contributed by atoms with Crippen LogP contribution in [0.1, 0.15) is 48.2 Å². The average molecular weight is 514 g/mol. The Balaban J connectivity index is 1.75. The molecule has 36 heavy (non-hydrogen) atoms. The molecular weight excluding hydrogens is 478 g/mol. The highest BCUT2D eigenvalue weighted by Crippen LogP contribution is 2.28. The van der Waals surface area contributed by atoms with E-state index in [0.29, 0.717) is 41.8 Å². The van der Waals surface area contributed by atoms with Crippen LogP contribution in [0.5, 0.6) is 0 Å². The van der Waals surface area contributed by atoms with Gasteiger partial charge in [0.1, 0.15) is 0 Å². The number of carbonyl (C=O) groups is 3. The minimum absolute atomic E-state index is 0.0571. The van der Waals surface area contributed by atoms with Gasteiger partial charge >= 0.3 is 0 Å². The Morgan fingerprint density at radius 1 is 1.06 bits per heavy atom. The third-order valence-electron chi connectivity index (χ3n) is 6.33. The third kappa shape index (κ3) is 7.21. The molecule has 0 radical (unpaired) electrons. The Hall–Kier alpha value is -3.10. The molecular formula is C27H36ClN5O3. The van der Waals surface area contributed by atoms with Crippen LogP contribution in [0.4, 0.5) is 5.69 Å². The van der Waals surface area contributed by atoms with Crippen LogP contribution in [0.15, 0.2) is 42.5 Å². The largest absolute Gasteiger partial charge is 0.355 e. The molecule has 0 spiro atoms. The zero-order chi connectivity index (χ0) is 26.2. The van der Waals surface area contributed by atoms with E-state index in [0.717, 1.165) is 12.8 Å². The van der Waals surface area contributed by atoms with E-state index in [1.54, 1.807) is 42.2 Å². The second-order valence-corrected chi connectivity index (χ2v) is 9.90. The van der Waals surface area contributed by atoms with Crippen molar-refractivity contribution in [2.75, 3.05) is 38.6 Å². The van der Waals surface area contributed by atoms with Crippen molar-refractivity contribution in [2.24, 2.45) is 5.92 Å². The van der Waals surface area contributed by atoms with Gasteiger partial charge < -0.3 is 15.5 Å². The number of nitrogens with zero attached hydrogens (tertiary/aromatic N) is 3. The van der Waals surface area contributed by atoms with Crippen LogP contribution in [0.25, 0.3) is 0 Å². The maximum absolute atomic E-state index is 13.4. The van der Waals surface area contributed by atoms with Crippen LogP contribution in [-0.2, 0) is 22.7 Å². The minimum Gasteiger partial charge on any atom is -0.355 e. The van der Waals surface area contributed by atoms with Crippen molar-refractivity contribution in [1.29, 1.82) is 0 Å². The molecule has 3 rings (SSSR count). The van der Waals surface area contributed by atoms with Gasteiger partial charge in [-0.25, -0.2) is 5.01 Å². The number of hydrogen-bond acceptors (Lipinski definition) is 5. The summed E-state index contributed by atoms with van der Waals surface area (Å²) < 4.78 is 0. The van der Waals surface area contributed by atoms with Crippen molar-refractivity contribution in [1.82, 2.24) is 20.7 Å². The summed E-state index contributed by atoms with van der Waals surface area (Å²) in [5, 5.41) is 9.47. The van der Waals surface area contributed by atoms with Gasteiger partial charge in [0.05, 0.1) is 23.8 Å². The maximum atomic E-state index is 13.4. The number of fused-ring (bicyclic) bond motifs is 1. The molecule has 0 aromatic heterocycles. The summed E-state index contributed by atoms with van der Waals surface area (Å²) in [4.78, 5) is 40.0. The van der Waals surface area contributed by atoms with Crippen molar-refractivity contribution in [3.63, 3.8) is 0 Å². The standard InChI is InChI=1S/C27H36ClN5O3/c1-19(2)8-7-13-30-25(34)17-32(24-14-20(27(36)29-3)11-12-23(24)28)18-26(35)31(4)33-15-21-9-5-6-10-22(21)16-33/h5-6,9-12,14,19H,7-8,13,15-18H2,1-4H3,(H,29,36)(H,30,34). The molecule has 2 aromatic rings. The SMILES string of the molecule is CNC(=O)c1ccc(Cl)c(N(CC(=O)NCCCC(C)C)CC(=O)N(C)N2Cc3ccccc3C2)c1. The zero-order valence-corrected chi connectivity index (χ0v) is 22.3. The smallest absolute Gasteiger partial charge is 0.256 e. The van der Waals surface area contributed by atoms with Crippen LogP contribution >= 0.6 is 11.6 Å². The van der Waals surface area contributed by atoms with E-state index < -0.39 is 0 Å². The van der Waals surface area contributed by atoms with E-state index in [1.165, 1.54) is 11.1 Å². The second-order valence-electron chi connectivity index (χ2n) is 9.50. The molecule has 9 heteroatoms. The topological polar surface area (TPSA) is 85.0 Å². The molecule has 2 aromatic carbocycles. The van der Waals surface area contributed by atoms with E-state index >= 15 is 0 Å². The monoisotopic (exact) mass is 513 g/mol. The molecule has 0 saturated carbocycles. The van der Waals surface area contributed by atoms with Crippen molar-refractivity contribution in [3.8, 4) is 0 Å². The van der Waals surface area contributed by atoms with Gasteiger partial charge in [0, 0.05) is 39.3 Å². The lowest BCUT2D eigenvalue weighted by Gasteiger charge is -2.31. The van der Waals surface area contributed by atoms with Gasteiger partial charge in [-0.1, -0.05) is 49.7 Å². The highest BCUT2D eigenvalue weighted by Gasteiger charge is 2.27. The number of anilines is 1. The maximum Gasteiger partial charge on any atom is 0.256 e. The Morgan fingerprint density at radius 3 is 2.33 bits per heavy atom. The quantitative estimate of drug-likeness (QED) is 0.450. The Bertz CT molecular complexity index is 1070. The average Bonchev–Trinajstić information content (AvgIpc) is 3.29. The molecule has 0 aliphatic carbocycles. The van der Waals surface area contributed by atoms with Gasteiger partial charge in [0.25, 0.3) is 11.8 Å². The summed E-state index contributed by atoms with van der Waals surface area (Å²) in [6.07, 6.45) is 1.90. The number of benzene rings is 2. The molecule has 3 amide bonds. The Kier molecular flexibility index (Phi) is 9.73. The minimum atomic E-state index is -0.274. The Morgan fingerprint density at radius 2 is 1.72 bits per heavy atom. The zero-order valence-electron chi connectivity index (χ0n) is 21.5. The lowest BCUT2D eigenvalue weighted by Crippen LogP contribution is -2.48. The number of halogens is 1. The summed E-state index contributed by atoms with van der Waals surface area (Å²) in [6.45, 7) is 6.01. The van der Waals surface area contributed by atoms with Crippen LogP contribution in [0, 0.1) is 5.92 Å². The van der Waals surface area contributed by atoms with Gasteiger partial charge in [-0.05, 0) is 48.1 Å². The van der Waals surface area contributed by atoms with Gasteiger partial charge in [-0.15, -0.1) is 0 Å². The molecule has 0 unspecified atom stereocenters. The predicted octanol–water partition coefficient (Wildman–Crippen LogP) is 3.45. The fourth-order valence-electron chi connectivity index (χ4n) is 4.18. The molecule has 1 heterocycles. The van der Waals surface area contributed by atoms with Crippen molar-refractivity contribution in [2.45, 2.75) is 39.8 Å². The van der Waals surface area contributed by atoms with Gasteiger partial charge in [0.15, 0.2) is 0 Å². The molecule has 8 nitrogen and oxygen atoms in total. The number of hydrogen-bond donors (Lipinski definition) is 2. The van der Waals surface area contributed by atoms with Crippen molar-refractivity contribution >= 4 is 35.0 Å². The van der Waals surface area contributed by atoms with Crippen LogP contribution in [0.3, 0.4) is 0 Å². The summed E-state index contributed by atoms with van der Waals surface area (Å²) >= 11 is 6.49. The van der Waals surface area contributed by atoms with E-state index in [2.05, 4.69) is 36.6 Å². The van der Waals surface area contributed by atoms with Crippen LogP contribution < -0.4 is 15.5 Å². The highest BCUT2D eigenvalue weighted by atomic mass is 35.5. The van der Waals surface area contributed by atoms with Gasteiger partial charge in [-0.3, -0.25) is 19.4 Å². The van der Waals surface area contributed by atoms with Crippen molar-refractivity contribution in [3.05, 3.63) is 64.2 Å². The number of nitrogens with one attached hydrogen (secondary N) is 2. The first-order valence-electron chi connectivity index (χ1n) is 12.3. The van der Waals surface area contributed by atoms with Crippen LogP contribution in [-0.4, -0.2) is 61.5 Å². The fourth-order valence-corrected chi connectivity index (χ4v) is 4.42. The first-order chi connectivity index (χ1) is 17.2. The van der Waals surface area contributed by atoms with Gasteiger partial charge in [-0.2, -0.15) is 0 Å². The fraction of sp³-hybridized carbons (Fsp3) is 0.444. The third-order valence-corrected chi connectivity index (χ3v) is 6.65. The van der Waals surface area contributed by atoms with E-state index in [4.69, 9.17) is 11.6 Å². The summed E-state index contributed by atoms with van der Waals surface area (Å²) in [6, 6.07) is 13.0. The molecule has 0 fully saturated rings.